The van der Waals surface area contributed by atoms with Gasteiger partial charge in [0.2, 0.25) is 0 Å². The molecular formula is C13H19BrN4O. The predicted molar refractivity (Wildman–Crippen MR) is 81.3 cm³/mol. The van der Waals surface area contributed by atoms with Crippen molar-refractivity contribution in [3.63, 3.8) is 0 Å². The number of aromatic nitrogens is 2. The molecule has 1 rings (SSSR count). The smallest absolute Gasteiger partial charge is 0.284 e. The van der Waals surface area contributed by atoms with Gasteiger partial charge < -0.3 is 10.2 Å². The van der Waals surface area contributed by atoms with Gasteiger partial charge >= 0.3 is 0 Å². The Balaban J connectivity index is 2.54. The summed E-state index contributed by atoms with van der Waals surface area (Å²) in [6.07, 6.45) is 8.94. The summed E-state index contributed by atoms with van der Waals surface area (Å²) in [5.74, 6) is 2.40. The minimum Gasteiger partial charge on any atom is -0.383 e. The summed E-state index contributed by atoms with van der Waals surface area (Å²) in [5, 5.41) is 7.22. The minimum absolute atomic E-state index is 0.181. The summed E-state index contributed by atoms with van der Waals surface area (Å²) in [4.78, 5) is 14.0. The van der Waals surface area contributed by atoms with Crippen molar-refractivity contribution in [3.05, 3.63) is 21.0 Å². The second-order valence-electron chi connectivity index (χ2n) is 4.48. The molecule has 1 N–H and O–H groups in total. The molecule has 0 amide bonds. The highest BCUT2D eigenvalue weighted by Gasteiger charge is 2.07. The van der Waals surface area contributed by atoms with E-state index in [0.717, 1.165) is 25.9 Å². The third-order valence-corrected chi connectivity index (χ3v) is 3.34. The summed E-state index contributed by atoms with van der Waals surface area (Å²) in [6.45, 7) is 2.05. The third kappa shape index (κ3) is 5.05. The lowest BCUT2D eigenvalue weighted by Gasteiger charge is -2.11. The van der Waals surface area contributed by atoms with Gasteiger partial charge in [0.15, 0.2) is 0 Å². The van der Waals surface area contributed by atoms with E-state index in [4.69, 9.17) is 6.42 Å². The number of hydrogen-bond donors (Lipinski definition) is 1. The van der Waals surface area contributed by atoms with Gasteiger partial charge in [-0.2, -0.15) is 5.10 Å². The van der Waals surface area contributed by atoms with Gasteiger partial charge in [-0.3, -0.25) is 4.79 Å². The van der Waals surface area contributed by atoms with Gasteiger partial charge in [-0.25, -0.2) is 4.68 Å². The molecule has 1 aromatic heterocycles. The maximum atomic E-state index is 11.9. The summed E-state index contributed by atoms with van der Waals surface area (Å²) in [6, 6.07) is 0. The quantitative estimate of drug-likeness (QED) is 0.607. The number of rotatable bonds is 7. The molecule has 1 aromatic rings. The van der Waals surface area contributed by atoms with E-state index in [1.165, 1.54) is 4.68 Å². The fourth-order valence-corrected chi connectivity index (χ4v) is 2.01. The Kier molecular flexibility index (Phi) is 6.60. The molecule has 0 atom stereocenters. The minimum atomic E-state index is -0.212. The van der Waals surface area contributed by atoms with E-state index >= 15 is 0 Å². The normalized spacial score (nSPS) is 10.5. The number of unbranched alkanes of at least 4 members (excludes halogenated alkanes) is 1. The SMILES string of the molecule is C#CCn1ncc(NCCCCN(C)C)c(Br)c1=O. The largest absolute Gasteiger partial charge is 0.383 e. The fraction of sp³-hybridized carbons (Fsp3) is 0.538. The maximum Gasteiger partial charge on any atom is 0.284 e. The van der Waals surface area contributed by atoms with Crippen LogP contribution in [0.1, 0.15) is 12.8 Å². The van der Waals surface area contributed by atoms with Gasteiger partial charge in [0, 0.05) is 6.54 Å². The molecule has 0 fully saturated rings. The summed E-state index contributed by atoms with van der Waals surface area (Å²) >= 11 is 3.28. The molecule has 0 bridgehead atoms. The fourth-order valence-electron chi connectivity index (χ4n) is 1.56. The Morgan fingerprint density at radius 1 is 1.53 bits per heavy atom. The number of hydrogen-bond acceptors (Lipinski definition) is 4. The van der Waals surface area contributed by atoms with Crippen LogP contribution in [-0.4, -0.2) is 41.9 Å². The third-order valence-electron chi connectivity index (χ3n) is 2.57. The van der Waals surface area contributed by atoms with Gasteiger partial charge in [0.1, 0.15) is 11.0 Å². The molecule has 0 aliphatic carbocycles. The first-order chi connectivity index (χ1) is 9.06. The number of nitrogens with one attached hydrogen (secondary N) is 1. The van der Waals surface area contributed by atoms with Crippen molar-refractivity contribution in [2.45, 2.75) is 19.4 Å². The van der Waals surface area contributed by atoms with Crippen LogP contribution in [0.4, 0.5) is 5.69 Å². The molecular weight excluding hydrogens is 308 g/mol. The second kappa shape index (κ2) is 7.97. The zero-order chi connectivity index (χ0) is 14.3. The number of anilines is 1. The van der Waals surface area contributed by atoms with Crippen molar-refractivity contribution in [2.75, 3.05) is 32.5 Å². The molecule has 0 aliphatic heterocycles. The van der Waals surface area contributed by atoms with Crippen molar-refractivity contribution in [3.8, 4) is 12.3 Å². The number of halogens is 1. The van der Waals surface area contributed by atoms with E-state index < -0.39 is 0 Å². The maximum absolute atomic E-state index is 11.9. The Bertz CT molecular complexity index is 504. The lowest BCUT2D eigenvalue weighted by Crippen LogP contribution is -2.24. The zero-order valence-corrected chi connectivity index (χ0v) is 12.9. The number of terminal acetylenes is 1. The molecule has 0 saturated heterocycles. The van der Waals surface area contributed by atoms with E-state index in [9.17, 15) is 4.79 Å². The first-order valence-corrected chi connectivity index (χ1v) is 6.93. The van der Waals surface area contributed by atoms with Crippen LogP contribution in [0.2, 0.25) is 0 Å². The van der Waals surface area contributed by atoms with Crippen LogP contribution in [-0.2, 0) is 6.54 Å². The zero-order valence-electron chi connectivity index (χ0n) is 11.3. The summed E-state index contributed by atoms with van der Waals surface area (Å²) in [7, 11) is 4.11. The van der Waals surface area contributed by atoms with E-state index in [1.54, 1.807) is 6.20 Å². The summed E-state index contributed by atoms with van der Waals surface area (Å²) in [5.41, 5.74) is 0.499. The average Bonchev–Trinajstić information content (AvgIpc) is 2.37. The lowest BCUT2D eigenvalue weighted by molar-refractivity contribution is 0.396. The van der Waals surface area contributed by atoms with Gasteiger partial charge in [-0.05, 0) is 49.4 Å². The van der Waals surface area contributed by atoms with Crippen molar-refractivity contribution in [1.82, 2.24) is 14.7 Å². The Hall–Kier alpha value is -1.32. The van der Waals surface area contributed by atoms with Crippen LogP contribution < -0.4 is 10.9 Å². The molecule has 0 aliphatic rings. The lowest BCUT2D eigenvalue weighted by atomic mass is 10.3. The molecule has 0 spiro atoms. The predicted octanol–water partition coefficient (Wildman–Crippen LogP) is 1.39. The molecule has 0 radical (unpaired) electrons. The number of nitrogens with zero attached hydrogens (tertiary/aromatic N) is 3. The van der Waals surface area contributed by atoms with E-state index in [2.05, 4.69) is 51.3 Å². The molecule has 1 heterocycles. The summed E-state index contributed by atoms with van der Waals surface area (Å²) < 4.78 is 1.73. The second-order valence-corrected chi connectivity index (χ2v) is 5.27. The standard InChI is InChI=1S/C13H19BrN4O/c1-4-8-18-13(19)12(14)11(10-16-18)15-7-5-6-9-17(2)3/h1,10,15H,5-9H2,2-3H3. The molecule has 104 valence electrons. The monoisotopic (exact) mass is 326 g/mol. The van der Waals surface area contributed by atoms with Crippen LogP contribution in [0, 0.1) is 12.3 Å². The highest BCUT2D eigenvalue weighted by molar-refractivity contribution is 9.10. The molecule has 6 heteroatoms. The highest BCUT2D eigenvalue weighted by atomic mass is 79.9. The molecule has 0 unspecified atom stereocenters. The average molecular weight is 327 g/mol. The van der Waals surface area contributed by atoms with E-state index in [-0.39, 0.29) is 12.1 Å². The van der Waals surface area contributed by atoms with Crippen molar-refractivity contribution in [1.29, 1.82) is 0 Å². The van der Waals surface area contributed by atoms with Gasteiger partial charge in [0.05, 0.1) is 11.9 Å². The van der Waals surface area contributed by atoms with E-state index in [0.29, 0.717) is 10.2 Å². The van der Waals surface area contributed by atoms with Crippen LogP contribution >= 0.6 is 15.9 Å². The topological polar surface area (TPSA) is 50.2 Å². The van der Waals surface area contributed by atoms with Gasteiger partial charge in [-0.1, -0.05) is 5.92 Å². The first-order valence-electron chi connectivity index (χ1n) is 6.14. The van der Waals surface area contributed by atoms with Gasteiger partial charge in [-0.15, -0.1) is 6.42 Å². The molecule has 19 heavy (non-hydrogen) atoms. The Labute approximate surface area is 122 Å². The van der Waals surface area contributed by atoms with Crippen LogP contribution in [0.5, 0.6) is 0 Å². The Morgan fingerprint density at radius 2 is 2.26 bits per heavy atom. The van der Waals surface area contributed by atoms with Crippen molar-refractivity contribution < 1.29 is 0 Å². The first kappa shape index (κ1) is 15.7. The van der Waals surface area contributed by atoms with E-state index in [1.807, 2.05) is 0 Å². The molecule has 0 saturated carbocycles. The molecule has 0 aromatic carbocycles. The molecule has 5 nitrogen and oxygen atoms in total. The Morgan fingerprint density at radius 3 is 2.89 bits per heavy atom. The van der Waals surface area contributed by atoms with Crippen LogP contribution in [0.3, 0.4) is 0 Å². The van der Waals surface area contributed by atoms with Gasteiger partial charge in [0.25, 0.3) is 5.56 Å². The van der Waals surface area contributed by atoms with Crippen molar-refractivity contribution >= 4 is 21.6 Å². The highest BCUT2D eigenvalue weighted by Crippen LogP contribution is 2.15. The van der Waals surface area contributed by atoms with Crippen LogP contribution in [0.15, 0.2) is 15.5 Å². The van der Waals surface area contributed by atoms with Crippen LogP contribution in [0.25, 0.3) is 0 Å². The van der Waals surface area contributed by atoms with Crippen molar-refractivity contribution in [2.24, 2.45) is 0 Å².